The number of rotatable bonds is 6. The average Bonchev–Trinajstić information content (AvgIpc) is 3.13. The molecule has 2 N–H and O–H groups in total. The fourth-order valence-electron chi connectivity index (χ4n) is 3.25. The van der Waals surface area contributed by atoms with Crippen molar-refractivity contribution in [3.8, 4) is 0 Å². The van der Waals surface area contributed by atoms with Crippen LogP contribution < -0.4 is 10.6 Å². The van der Waals surface area contributed by atoms with Gasteiger partial charge in [0.2, 0.25) is 5.91 Å². The highest BCUT2D eigenvalue weighted by molar-refractivity contribution is 6.30. The predicted octanol–water partition coefficient (Wildman–Crippen LogP) is 4.77. The van der Waals surface area contributed by atoms with Gasteiger partial charge in [-0.3, -0.25) is 9.59 Å². The number of carbonyl (C=O) groups excluding carboxylic acids is 2. The van der Waals surface area contributed by atoms with Gasteiger partial charge in [-0.1, -0.05) is 41.9 Å². The molecule has 7 heteroatoms. The van der Waals surface area contributed by atoms with Crippen LogP contribution in [-0.4, -0.2) is 22.8 Å². The average molecular weight is 434 g/mol. The monoisotopic (exact) mass is 433 g/mol. The summed E-state index contributed by atoms with van der Waals surface area (Å²) in [6, 6.07) is 20.5. The molecule has 0 bridgehead atoms. The fourth-order valence-corrected chi connectivity index (χ4v) is 3.38. The Morgan fingerprint density at radius 3 is 2.52 bits per heavy atom. The van der Waals surface area contributed by atoms with Crippen LogP contribution in [0.2, 0.25) is 5.02 Å². The molecule has 4 aromatic rings. The number of fused-ring (bicyclic) bond motifs is 1. The van der Waals surface area contributed by atoms with Gasteiger partial charge in [-0.05, 0) is 48.0 Å². The zero-order chi connectivity index (χ0) is 21.8. The van der Waals surface area contributed by atoms with Crippen molar-refractivity contribution in [3.63, 3.8) is 0 Å². The Morgan fingerprint density at radius 2 is 1.77 bits per heavy atom. The van der Waals surface area contributed by atoms with Gasteiger partial charge in [-0.15, -0.1) is 0 Å². The summed E-state index contributed by atoms with van der Waals surface area (Å²) in [7, 11) is 0. The second kappa shape index (κ2) is 9.02. The minimum Gasteiger partial charge on any atom is -0.441 e. The van der Waals surface area contributed by atoms with Crippen molar-refractivity contribution in [1.29, 1.82) is 0 Å². The number of aromatic nitrogens is 1. The molecule has 31 heavy (non-hydrogen) atoms. The molecule has 156 valence electrons. The SMILES string of the molecule is Cc1nc2cc(NC(=O)C(Cc3ccccc3)NC(=O)c3ccc(Cl)cc3)ccc2o1. The molecule has 3 aromatic carbocycles. The van der Waals surface area contributed by atoms with Crippen LogP contribution in [0.5, 0.6) is 0 Å². The van der Waals surface area contributed by atoms with E-state index >= 15 is 0 Å². The van der Waals surface area contributed by atoms with Crippen molar-refractivity contribution in [1.82, 2.24) is 10.3 Å². The lowest BCUT2D eigenvalue weighted by Crippen LogP contribution is -2.45. The Balaban J connectivity index is 1.55. The third kappa shape index (κ3) is 5.10. The summed E-state index contributed by atoms with van der Waals surface area (Å²) in [5.41, 5.74) is 3.23. The molecule has 0 aliphatic rings. The van der Waals surface area contributed by atoms with Crippen molar-refractivity contribution in [2.24, 2.45) is 0 Å². The number of hydrogen-bond donors (Lipinski definition) is 2. The topological polar surface area (TPSA) is 84.2 Å². The molecule has 1 unspecified atom stereocenters. The summed E-state index contributed by atoms with van der Waals surface area (Å²) < 4.78 is 5.47. The quantitative estimate of drug-likeness (QED) is 0.458. The van der Waals surface area contributed by atoms with Crippen LogP contribution in [-0.2, 0) is 11.2 Å². The lowest BCUT2D eigenvalue weighted by Gasteiger charge is -2.19. The van der Waals surface area contributed by atoms with E-state index in [-0.39, 0.29) is 11.8 Å². The normalized spacial score (nSPS) is 11.8. The van der Waals surface area contributed by atoms with Crippen molar-refractivity contribution in [2.75, 3.05) is 5.32 Å². The molecular weight excluding hydrogens is 414 g/mol. The highest BCUT2D eigenvalue weighted by atomic mass is 35.5. The van der Waals surface area contributed by atoms with Gasteiger partial charge < -0.3 is 15.1 Å². The lowest BCUT2D eigenvalue weighted by atomic mass is 10.0. The molecule has 0 saturated carbocycles. The minimum atomic E-state index is -0.777. The summed E-state index contributed by atoms with van der Waals surface area (Å²) in [5, 5.41) is 6.24. The molecule has 0 aliphatic carbocycles. The van der Waals surface area contributed by atoms with Crippen LogP contribution in [0, 0.1) is 6.92 Å². The maximum Gasteiger partial charge on any atom is 0.251 e. The van der Waals surface area contributed by atoms with Crippen molar-refractivity contribution in [3.05, 3.63) is 94.8 Å². The Labute approximate surface area is 184 Å². The summed E-state index contributed by atoms with van der Waals surface area (Å²) in [4.78, 5) is 30.1. The lowest BCUT2D eigenvalue weighted by molar-refractivity contribution is -0.118. The first kappa shape index (κ1) is 20.6. The van der Waals surface area contributed by atoms with E-state index in [1.54, 1.807) is 49.4 Å². The number of benzene rings is 3. The molecule has 0 aliphatic heterocycles. The van der Waals surface area contributed by atoms with E-state index in [4.69, 9.17) is 16.0 Å². The predicted molar refractivity (Wildman–Crippen MR) is 120 cm³/mol. The molecule has 1 heterocycles. The summed E-state index contributed by atoms with van der Waals surface area (Å²) >= 11 is 5.91. The molecule has 2 amide bonds. The Hall–Kier alpha value is -3.64. The molecule has 0 spiro atoms. The van der Waals surface area contributed by atoms with Gasteiger partial charge >= 0.3 is 0 Å². The first-order valence-corrected chi connectivity index (χ1v) is 10.1. The number of oxazole rings is 1. The van der Waals surface area contributed by atoms with E-state index < -0.39 is 6.04 Å². The van der Waals surface area contributed by atoms with E-state index in [0.717, 1.165) is 5.56 Å². The molecule has 6 nitrogen and oxygen atoms in total. The zero-order valence-corrected chi connectivity index (χ0v) is 17.5. The van der Waals surface area contributed by atoms with E-state index in [1.807, 2.05) is 30.3 Å². The first-order valence-electron chi connectivity index (χ1n) is 9.76. The second-order valence-electron chi connectivity index (χ2n) is 7.13. The van der Waals surface area contributed by atoms with Crippen LogP contribution in [0.4, 0.5) is 5.69 Å². The molecular formula is C24H20ClN3O3. The molecule has 4 rings (SSSR count). The molecule has 0 saturated heterocycles. The van der Waals surface area contributed by atoms with Crippen molar-refractivity contribution < 1.29 is 14.0 Å². The van der Waals surface area contributed by atoms with Gasteiger partial charge in [0.25, 0.3) is 5.91 Å². The van der Waals surface area contributed by atoms with Crippen LogP contribution in [0.1, 0.15) is 21.8 Å². The summed E-state index contributed by atoms with van der Waals surface area (Å²) in [6.45, 7) is 1.76. The van der Waals surface area contributed by atoms with E-state index in [0.29, 0.717) is 39.7 Å². The third-order valence-corrected chi connectivity index (χ3v) is 5.02. The standard InChI is InChI=1S/C24H20ClN3O3/c1-15-26-20-14-19(11-12-22(20)31-15)27-24(30)21(13-16-5-3-2-4-6-16)28-23(29)17-7-9-18(25)10-8-17/h2-12,14,21H,13H2,1H3,(H,27,30)(H,28,29). The number of amides is 2. The van der Waals surface area contributed by atoms with Crippen LogP contribution >= 0.6 is 11.6 Å². The number of nitrogens with one attached hydrogen (secondary N) is 2. The number of nitrogens with zero attached hydrogens (tertiary/aromatic N) is 1. The van der Waals surface area contributed by atoms with Gasteiger partial charge in [-0.25, -0.2) is 4.98 Å². The van der Waals surface area contributed by atoms with Gasteiger partial charge in [0, 0.05) is 29.6 Å². The molecule has 1 atom stereocenters. The third-order valence-electron chi connectivity index (χ3n) is 4.77. The highest BCUT2D eigenvalue weighted by Crippen LogP contribution is 2.20. The number of hydrogen-bond acceptors (Lipinski definition) is 4. The summed E-state index contributed by atoms with van der Waals surface area (Å²) in [6.07, 6.45) is 0.345. The number of aryl methyl sites for hydroxylation is 1. The Bertz CT molecular complexity index is 1220. The largest absolute Gasteiger partial charge is 0.441 e. The highest BCUT2D eigenvalue weighted by Gasteiger charge is 2.22. The number of anilines is 1. The maximum atomic E-state index is 13.1. The van der Waals surface area contributed by atoms with Gasteiger partial charge in [-0.2, -0.15) is 0 Å². The van der Waals surface area contributed by atoms with Crippen LogP contribution in [0.25, 0.3) is 11.1 Å². The van der Waals surface area contributed by atoms with E-state index in [2.05, 4.69) is 15.6 Å². The zero-order valence-electron chi connectivity index (χ0n) is 16.8. The first-order chi connectivity index (χ1) is 15.0. The number of halogens is 1. The van der Waals surface area contributed by atoms with Gasteiger partial charge in [0.1, 0.15) is 11.6 Å². The van der Waals surface area contributed by atoms with Gasteiger partial charge in [0.15, 0.2) is 11.5 Å². The van der Waals surface area contributed by atoms with Crippen molar-refractivity contribution >= 4 is 40.2 Å². The van der Waals surface area contributed by atoms with Crippen molar-refractivity contribution in [2.45, 2.75) is 19.4 Å². The van der Waals surface area contributed by atoms with Crippen LogP contribution in [0.15, 0.2) is 77.2 Å². The van der Waals surface area contributed by atoms with E-state index in [9.17, 15) is 9.59 Å². The van der Waals surface area contributed by atoms with Crippen LogP contribution in [0.3, 0.4) is 0 Å². The molecule has 1 aromatic heterocycles. The Morgan fingerprint density at radius 1 is 1.03 bits per heavy atom. The number of carbonyl (C=O) groups is 2. The van der Waals surface area contributed by atoms with E-state index in [1.165, 1.54) is 0 Å². The second-order valence-corrected chi connectivity index (χ2v) is 7.56. The molecule has 0 fully saturated rings. The molecule has 0 radical (unpaired) electrons. The minimum absolute atomic E-state index is 0.328. The fraction of sp³-hybridized carbons (Fsp3) is 0.125. The maximum absolute atomic E-state index is 13.1. The summed E-state index contributed by atoms with van der Waals surface area (Å²) in [5.74, 6) is -0.128. The Kier molecular flexibility index (Phi) is 6.00. The smallest absolute Gasteiger partial charge is 0.251 e. The van der Waals surface area contributed by atoms with Gasteiger partial charge in [0.05, 0.1) is 0 Å².